The highest BCUT2D eigenvalue weighted by Gasteiger charge is 2.17. The van der Waals surface area contributed by atoms with Crippen molar-refractivity contribution >= 4 is 17.5 Å². The first kappa shape index (κ1) is 20.0. The molecule has 1 N–H and O–H groups in total. The zero-order valence-electron chi connectivity index (χ0n) is 16.1. The maximum atomic E-state index is 12.9. The Kier molecular flexibility index (Phi) is 6.72. The molecule has 0 radical (unpaired) electrons. The quantitative estimate of drug-likeness (QED) is 0.536. The third-order valence-corrected chi connectivity index (χ3v) is 4.89. The molecule has 0 fully saturated rings. The summed E-state index contributed by atoms with van der Waals surface area (Å²) in [6, 6.07) is 23.1. The Hall–Kier alpha value is -2.78. The first-order valence-corrected chi connectivity index (χ1v) is 9.80. The molecular weight excluding hydrogens is 370 g/mol. The number of benzene rings is 3. The number of ether oxygens (including phenoxy) is 1. The summed E-state index contributed by atoms with van der Waals surface area (Å²) in [5.41, 5.74) is 3.79. The molecule has 28 heavy (non-hydrogen) atoms. The first-order chi connectivity index (χ1) is 13.6. The van der Waals surface area contributed by atoms with Crippen molar-refractivity contribution in [3.05, 3.63) is 100 Å². The third kappa shape index (κ3) is 5.14. The topological polar surface area (TPSA) is 38.3 Å². The van der Waals surface area contributed by atoms with Gasteiger partial charge in [-0.15, -0.1) is 0 Å². The fraction of sp³-hybridized carbons (Fsp3) is 0.208. The van der Waals surface area contributed by atoms with Gasteiger partial charge in [-0.25, -0.2) is 0 Å². The first-order valence-electron chi connectivity index (χ1n) is 9.42. The maximum absolute atomic E-state index is 12.9. The van der Waals surface area contributed by atoms with Gasteiger partial charge in [0.1, 0.15) is 12.4 Å². The monoisotopic (exact) mass is 393 g/mol. The highest BCUT2D eigenvalue weighted by atomic mass is 35.5. The van der Waals surface area contributed by atoms with Gasteiger partial charge in [0.25, 0.3) is 5.91 Å². The summed E-state index contributed by atoms with van der Waals surface area (Å²) in [6.07, 6.45) is 0.992. The molecule has 0 aliphatic rings. The summed E-state index contributed by atoms with van der Waals surface area (Å²) in [5.74, 6) is 0.303. The summed E-state index contributed by atoms with van der Waals surface area (Å²) >= 11 is 6.13. The van der Waals surface area contributed by atoms with Crippen LogP contribution in [0.5, 0.6) is 5.75 Å². The van der Waals surface area contributed by atoms with E-state index in [1.807, 2.05) is 37.3 Å². The smallest absolute Gasteiger partial charge is 0.255 e. The molecular formula is C24H24ClNO2. The van der Waals surface area contributed by atoms with Crippen LogP contribution in [0, 0.1) is 0 Å². The van der Waals surface area contributed by atoms with Gasteiger partial charge >= 0.3 is 0 Å². The van der Waals surface area contributed by atoms with Gasteiger partial charge in [0, 0.05) is 5.02 Å². The van der Waals surface area contributed by atoms with E-state index in [0.29, 0.717) is 22.9 Å². The molecule has 3 rings (SSSR count). The number of hydrogen-bond acceptors (Lipinski definition) is 2. The van der Waals surface area contributed by atoms with Gasteiger partial charge < -0.3 is 10.1 Å². The van der Waals surface area contributed by atoms with Crippen LogP contribution in [0.3, 0.4) is 0 Å². The Bertz CT molecular complexity index is 923. The fourth-order valence-electron chi connectivity index (χ4n) is 2.94. The largest absolute Gasteiger partial charge is 0.488 e. The molecule has 0 spiro atoms. The van der Waals surface area contributed by atoms with Crippen LogP contribution in [0.4, 0.5) is 0 Å². The zero-order valence-corrected chi connectivity index (χ0v) is 16.9. The van der Waals surface area contributed by atoms with Gasteiger partial charge in [-0.3, -0.25) is 4.79 Å². The predicted molar refractivity (Wildman–Crippen MR) is 114 cm³/mol. The van der Waals surface area contributed by atoms with Crippen molar-refractivity contribution in [2.75, 3.05) is 0 Å². The molecule has 3 aromatic carbocycles. The maximum Gasteiger partial charge on any atom is 0.255 e. The van der Waals surface area contributed by atoms with Crippen molar-refractivity contribution in [3.63, 3.8) is 0 Å². The van der Waals surface area contributed by atoms with Crippen LogP contribution < -0.4 is 10.1 Å². The summed E-state index contributed by atoms with van der Waals surface area (Å²) in [7, 11) is 0. The van der Waals surface area contributed by atoms with Crippen LogP contribution >= 0.6 is 11.6 Å². The van der Waals surface area contributed by atoms with E-state index in [9.17, 15) is 4.79 Å². The van der Waals surface area contributed by atoms with Gasteiger partial charge in [0.15, 0.2) is 0 Å². The minimum Gasteiger partial charge on any atom is -0.488 e. The van der Waals surface area contributed by atoms with Gasteiger partial charge in [-0.2, -0.15) is 0 Å². The molecule has 3 nitrogen and oxygen atoms in total. The van der Waals surface area contributed by atoms with Crippen molar-refractivity contribution in [2.24, 2.45) is 0 Å². The second-order valence-corrected chi connectivity index (χ2v) is 7.14. The highest BCUT2D eigenvalue weighted by molar-refractivity contribution is 6.31. The molecule has 0 aromatic heterocycles. The molecule has 0 bridgehead atoms. The van der Waals surface area contributed by atoms with Crippen LogP contribution in [0.1, 0.15) is 46.9 Å². The average molecular weight is 394 g/mol. The molecule has 1 unspecified atom stereocenters. The predicted octanol–water partition coefficient (Wildman–Crippen LogP) is 5.97. The molecule has 144 valence electrons. The lowest BCUT2D eigenvalue weighted by Gasteiger charge is -2.17. The van der Waals surface area contributed by atoms with Crippen molar-refractivity contribution in [2.45, 2.75) is 32.9 Å². The number of nitrogens with one attached hydrogen (secondary N) is 1. The standard InChI is InChI=1S/C24H24ClNO2/c1-3-18-9-11-20(12-10-18)17(2)26-24(27)22-15-21(25)13-14-23(22)28-16-19-7-5-4-6-8-19/h4-15,17H,3,16H2,1-2H3,(H,26,27). The number of aryl methyl sites for hydroxylation is 1. The van der Waals surface area contributed by atoms with Crippen LogP contribution in [0.15, 0.2) is 72.8 Å². The van der Waals surface area contributed by atoms with E-state index in [1.54, 1.807) is 18.2 Å². The van der Waals surface area contributed by atoms with Crippen LogP contribution in [-0.2, 0) is 13.0 Å². The molecule has 3 aromatic rings. The summed E-state index contributed by atoms with van der Waals surface area (Å²) in [4.78, 5) is 12.9. The fourth-order valence-corrected chi connectivity index (χ4v) is 3.11. The Morgan fingerprint density at radius 3 is 2.39 bits per heavy atom. The molecule has 0 heterocycles. The number of halogens is 1. The SMILES string of the molecule is CCc1ccc(C(C)NC(=O)c2cc(Cl)ccc2OCc2ccccc2)cc1. The summed E-state index contributed by atoms with van der Waals surface area (Å²) in [5, 5.41) is 3.54. The molecule has 4 heteroatoms. The van der Waals surface area contributed by atoms with Crippen LogP contribution in [0.2, 0.25) is 5.02 Å². The molecule has 1 atom stereocenters. The number of amides is 1. The van der Waals surface area contributed by atoms with E-state index < -0.39 is 0 Å². The minimum atomic E-state index is -0.211. The highest BCUT2D eigenvalue weighted by Crippen LogP contribution is 2.25. The number of rotatable bonds is 7. The van der Waals surface area contributed by atoms with Gasteiger partial charge in [-0.05, 0) is 48.2 Å². The third-order valence-electron chi connectivity index (χ3n) is 4.66. The molecule has 0 aliphatic heterocycles. The summed E-state index contributed by atoms with van der Waals surface area (Å²) < 4.78 is 5.90. The van der Waals surface area contributed by atoms with Crippen molar-refractivity contribution in [3.8, 4) is 5.75 Å². The van der Waals surface area contributed by atoms with E-state index in [-0.39, 0.29) is 11.9 Å². The van der Waals surface area contributed by atoms with E-state index in [4.69, 9.17) is 16.3 Å². The second kappa shape index (κ2) is 9.43. The lowest BCUT2D eigenvalue weighted by atomic mass is 10.0. The van der Waals surface area contributed by atoms with E-state index in [0.717, 1.165) is 17.5 Å². The van der Waals surface area contributed by atoms with Crippen molar-refractivity contribution < 1.29 is 9.53 Å². The van der Waals surface area contributed by atoms with Crippen LogP contribution in [-0.4, -0.2) is 5.91 Å². The van der Waals surface area contributed by atoms with Gasteiger partial charge in [0.2, 0.25) is 0 Å². The Balaban J connectivity index is 1.73. The second-order valence-electron chi connectivity index (χ2n) is 6.71. The number of carbonyl (C=O) groups is 1. The normalized spacial score (nSPS) is 11.7. The van der Waals surface area contributed by atoms with Gasteiger partial charge in [0.05, 0.1) is 11.6 Å². The lowest BCUT2D eigenvalue weighted by Crippen LogP contribution is -2.27. The zero-order chi connectivity index (χ0) is 19.9. The lowest BCUT2D eigenvalue weighted by molar-refractivity contribution is 0.0935. The van der Waals surface area contributed by atoms with E-state index in [1.165, 1.54) is 5.56 Å². The van der Waals surface area contributed by atoms with Gasteiger partial charge in [-0.1, -0.05) is 73.1 Å². The summed E-state index contributed by atoms with van der Waals surface area (Å²) in [6.45, 7) is 4.47. The molecule has 1 amide bonds. The average Bonchev–Trinajstić information content (AvgIpc) is 2.73. The minimum absolute atomic E-state index is 0.126. The van der Waals surface area contributed by atoms with Crippen molar-refractivity contribution in [1.82, 2.24) is 5.32 Å². The number of carbonyl (C=O) groups excluding carboxylic acids is 1. The number of hydrogen-bond donors (Lipinski definition) is 1. The van der Waals surface area contributed by atoms with E-state index in [2.05, 4.69) is 36.5 Å². The molecule has 0 saturated carbocycles. The van der Waals surface area contributed by atoms with Crippen molar-refractivity contribution in [1.29, 1.82) is 0 Å². The Morgan fingerprint density at radius 1 is 1.00 bits per heavy atom. The van der Waals surface area contributed by atoms with Crippen LogP contribution in [0.25, 0.3) is 0 Å². The Labute approximate surface area is 171 Å². The Morgan fingerprint density at radius 2 is 1.71 bits per heavy atom. The molecule has 0 saturated heterocycles. The molecule has 0 aliphatic carbocycles. The van der Waals surface area contributed by atoms with E-state index >= 15 is 0 Å².